The lowest BCUT2D eigenvalue weighted by Gasteiger charge is -2.17. The molecule has 1 saturated heterocycles. The molecule has 1 N–H and O–H groups in total. The monoisotopic (exact) mass is 329 g/mol. The molecule has 1 fully saturated rings. The first kappa shape index (κ1) is 15.7. The van der Waals surface area contributed by atoms with Crippen molar-refractivity contribution >= 4 is 23.2 Å². The maximum atomic E-state index is 12.4. The summed E-state index contributed by atoms with van der Waals surface area (Å²) in [6.45, 7) is 2.88. The van der Waals surface area contributed by atoms with Crippen LogP contribution in [0.3, 0.4) is 0 Å². The Kier molecular flexibility index (Phi) is 4.71. The Hall–Kier alpha value is -2.21. The van der Waals surface area contributed by atoms with Crippen LogP contribution in [0.4, 0.5) is 0 Å². The molecule has 0 aromatic carbocycles. The number of hydrogen-bond donors (Lipinski definition) is 1. The van der Waals surface area contributed by atoms with Crippen molar-refractivity contribution in [3.8, 4) is 0 Å². The molecule has 1 aliphatic rings. The molecule has 2 atom stereocenters. The van der Waals surface area contributed by atoms with Crippen LogP contribution in [0, 0.1) is 5.92 Å². The summed E-state index contributed by atoms with van der Waals surface area (Å²) in [6, 6.07) is 9.58. The molecule has 0 spiro atoms. The van der Waals surface area contributed by atoms with Crippen LogP contribution >= 0.6 is 11.3 Å². The van der Waals surface area contributed by atoms with Crippen molar-refractivity contribution in [1.82, 2.24) is 15.2 Å². The molecular formula is C17H19N3O2S. The predicted molar refractivity (Wildman–Crippen MR) is 88.6 cm³/mol. The van der Waals surface area contributed by atoms with Crippen LogP contribution in [0.1, 0.15) is 30.0 Å². The average Bonchev–Trinajstić information content (AvgIpc) is 3.19. The molecular weight excluding hydrogens is 310 g/mol. The molecule has 0 saturated carbocycles. The number of nitrogens with zero attached hydrogens (tertiary/aromatic N) is 2. The summed E-state index contributed by atoms with van der Waals surface area (Å²) in [5.74, 6) is -0.323. The van der Waals surface area contributed by atoms with E-state index in [4.69, 9.17) is 0 Å². The minimum atomic E-state index is -0.284. The van der Waals surface area contributed by atoms with Gasteiger partial charge in [-0.25, -0.2) is 0 Å². The van der Waals surface area contributed by atoms with Crippen LogP contribution in [0.5, 0.6) is 0 Å². The van der Waals surface area contributed by atoms with E-state index < -0.39 is 0 Å². The number of carbonyl (C=O) groups is 2. The average molecular weight is 329 g/mol. The first-order chi connectivity index (χ1) is 11.1. The van der Waals surface area contributed by atoms with Gasteiger partial charge in [0.05, 0.1) is 24.2 Å². The second-order valence-corrected chi connectivity index (χ2v) is 6.72. The highest BCUT2D eigenvalue weighted by atomic mass is 32.1. The van der Waals surface area contributed by atoms with Crippen molar-refractivity contribution in [1.29, 1.82) is 0 Å². The highest BCUT2D eigenvalue weighted by molar-refractivity contribution is 7.10. The smallest absolute Gasteiger partial charge is 0.225 e. The molecule has 3 heterocycles. The van der Waals surface area contributed by atoms with Crippen LogP contribution in [-0.4, -0.2) is 28.2 Å². The molecule has 2 amide bonds. The van der Waals surface area contributed by atoms with Crippen molar-refractivity contribution < 1.29 is 9.59 Å². The highest BCUT2D eigenvalue weighted by Crippen LogP contribution is 2.23. The molecule has 5 nitrogen and oxygen atoms in total. The van der Waals surface area contributed by atoms with Crippen molar-refractivity contribution in [2.45, 2.75) is 25.9 Å². The number of aromatic nitrogens is 1. The fraction of sp³-hybridized carbons (Fsp3) is 0.353. The number of pyridine rings is 1. The normalized spacial score (nSPS) is 18.9. The van der Waals surface area contributed by atoms with Gasteiger partial charge in [0.25, 0.3) is 0 Å². The van der Waals surface area contributed by atoms with Gasteiger partial charge < -0.3 is 10.2 Å². The minimum absolute atomic E-state index is 0.0135. The lowest BCUT2D eigenvalue weighted by molar-refractivity contribution is -0.129. The fourth-order valence-electron chi connectivity index (χ4n) is 2.73. The summed E-state index contributed by atoms with van der Waals surface area (Å²) in [5, 5.41) is 5.00. The van der Waals surface area contributed by atoms with Gasteiger partial charge in [0.1, 0.15) is 0 Å². The zero-order chi connectivity index (χ0) is 16.2. The van der Waals surface area contributed by atoms with Crippen LogP contribution in [-0.2, 0) is 16.1 Å². The summed E-state index contributed by atoms with van der Waals surface area (Å²) in [5.41, 5.74) is 0.842. The number of thiophene rings is 1. The van der Waals surface area contributed by atoms with Crippen LogP contribution < -0.4 is 5.32 Å². The zero-order valence-electron chi connectivity index (χ0n) is 12.9. The van der Waals surface area contributed by atoms with Crippen molar-refractivity contribution in [3.63, 3.8) is 0 Å². The Morgan fingerprint density at radius 1 is 1.43 bits per heavy atom. The number of amides is 2. The first-order valence-corrected chi connectivity index (χ1v) is 8.53. The molecule has 120 valence electrons. The van der Waals surface area contributed by atoms with Gasteiger partial charge in [0.15, 0.2) is 0 Å². The van der Waals surface area contributed by atoms with Gasteiger partial charge in [-0.05, 0) is 30.5 Å². The van der Waals surface area contributed by atoms with Crippen molar-refractivity contribution in [3.05, 3.63) is 52.5 Å². The molecule has 23 heavy (non-hydrogen) atoms. The zero-order valence-corrected chi connectivity index (χ0v) is 13.8. The lowest BCUT2D eigenvalue weighted by Crippen LogP contribution is -2.34. The largest absolute Gasteiger partial charge is 0.348 e. The molecule has 0 radical (unpaired) electrons. The summed E-state index contributed by atoms with van der Waals surface area (Å²) in [6.07, 6.45) is 1.98. The van der Waals surface area contributed by atoms with Crippen molar-refractivity contribution in [2.75, 3.05) is 6.54 Å². The summed E-state index contributed by atoms with van der Waals surface area (Å²) in [4.78, 5) is 31.6. The van der Waals surface area contributed by atoms with E-state index in [2.05, 4.69) is 10.3 Å². The molecule has 2 aromatic rings. The Morgan fingerprint density at radius 2 is 2.30 bits per heavy atom. The third-order valence-electron chi connectivity index (χ3n) is 3.99. The predicted octanol–water partition coefficient (Wildman–Crippen LogP) is 2.37. The van der Waals surface area contributed by atoms with Gasteiger partial charge in [-0.3, -0.25) is 14.6 Å². The van der Waals surface area contributed by atoms with Gasteiger partial charge in [0, 0.05) is 24.0 Å². The van der Waals surface area contributed by atoms with E-state index in [1.165, 1.54) is 0 Å². The van der Waals surface area contributed by atoms with Gasteiger partial charge in [0.2, 0.25) is 11.8 Å². The van der Waals surface area contributed by atoms with E-state index in [9.17, 15) is 9.59 Å². The third kappa shape index (κ3) is 3.76. The molecule has 6 heteroatoms. The van der Waals surface area contributed by atoms with E-state index in [0.717, 1.165) is 10.6 Å². The minimum Gasteiger partial charge on any atom is -0.348 e. The fourth-order valence-corrected chi connectivity index (χ4v) is 3.46. The number of rotatable bonds is 5. The van der Waals surface area contributed by atoms with E-state index in [1.807, 2.05) is 42.6 Å². The molecule has 1 aliphatic heterocycles. The van der Waals surface area contributed by atoms with Gasteiger partial charge in [-0.1, -0.05) is 12.1 Å². The molecule has 2 aromatic heterocycles. The summed E-state index contributed by atoms with van der Waals surface area (Å²) in [7, 11) is 0. The number of nitrogens with one attached hydrogen (secondary N) is 1. The maximum Gasteiger partial charge on any atom is 0.225 e. The summed E-state index contributed by atoms with van der Waals surface area (Å²) >= 11 is 1.62. The second-order valence-electron chi connectivity index (χ2n) is 5.74. The molecule has 0 aliphatic carbocycles. The van der Waals surface area contributed by atoms with Crippen LogP contribution in [0.15, 0.2) is 41.9 Å². The first-order valence-electron chi connectivity index (χ1n) is 7.65. The molecule has 0 unspecified atom stereocenters. The lowest BCUT2D eigenvalue weighted by atomic mass is 10.1. The Morgan fingerprint density at radius 3 is 3.00 bits per heavy atom. The Balaban J connectivity index is 1.57. The Labute approximate surface area is 139 Å². The van der Waals surface area contributed by atoms with E-state index in [-0.39, 0.29) is 30.2 Å². The molecule has 0 bridgehead atoms. The van der Waals surface area contributed by atoms with E-state index in [1.54, 1.807) is 22.4 Å². The standard InChI is InChI=1S/C17H19N3O2S/c1-12(15-6-4-8-23-15)19-17(22)13-9-16(21)20(10-13)11-14-5-2-3-7-18-14/h2-8,12-13H,9-11H2,1H3,(H,19,22)/t12-,13-/m1/s1. The van der Waals surface area contributed by atoms with Gasteiger partial charge in [-0.15, -0.1) is 11.3 Å². The molecule has 3 rings (SSSR count). The van der Waals surface area contributed by atoms with E-state index >= 15 is 0 Å². The number of hydrogen-bond acceptors (Lipinski definition) is 4. The topological polar surface area (TPSA) is 62.3 Å². The maximum absolute atomic E-state index is 12.4. The number of carbonyl (C=O) groups excluding carboxylic acids is 2. The van der Waals surface area contributed by atoms with Crippen LogP contribution in [0.2, 0.25) is 0 Å². The van der Waals surface area contributed by atoms with E-state index in [0.29, 0.717) is 13.1 Å². The van der Waals surface area contributed by atoms with Crippen LogP contribution in [0.25, 0.3) is 0 Å². The second kappa shape index (κ2) is 6.91. The summed E-state index contributed by atoms with van der Waals surface area (Å²) < 4.78 is 0. The van der Waals surface area contributed by atoms with Crippen molar-refractivity contribution in [2.24, 2.45) is 5.92 Å². The quantitative estimate of drug-likeness (QED) is 0.916. The van der Waals surface area contributed by atoms with Gasteiger partial charge in [-0.2, -0.15) is 0 Å². The Bertz CT molecular complexity index is 672. The van der Waals surface area contributed by atoms with Gasteiger partial charge >= 0.3 is 0 Å². The number of likely N-dealkylation sites (tertiary alicyclic amines) is 1. The SMILES string of the molecule is C[C@@H](NC(=O)[C@@H]1CC(=O)N(Cc2ccccn2)C1)c1cccs1. The third-order valence-corrected chi connectivity index (χ3v) is 5.05. The highest BCUT2D eigenvalue weighted by Gasteiger charge is 2.34.